The highest BCUT2D eigenvalue weighted by atomic mass is 32.2. The Labute approximate surface area is 143 Å². The lowest BCUT2D eigenvalue weighted by atomic mass is 10.0. The normalized spacial score (nSPS) is 9.54. The van der Waals surface area contributed by atoms with Gasteiger partial charge in [-0.1, -0.05) is 48.2 Å². The van der Waals surface area contributed by atoms with Crippen LogP contribution >= 0.6 is 11.8 Å². The molecular weight excluding hydrogens is 326 g/mol. The van der Waals surface area contributed by atoms with Gasteiger partial charge in [-0.15, -0.1) is 5.10 Å². The molecule has 0 aliphatic carbocycles. The van der Waals surface area contributed by atoms with Gasteiger partial charge in [-0.25, -0.2) is 0 Å². The van der Waals surface area contributed by atoms with Crippen molar-refractivity contribution < 1.29 is 14.3 Å². The quantitative estimate of drug-likeness (QED) is 0.717. The molecular formula is C17H15N3O3S. The van der Waals surface area contributed by atoms with Crippen molar-refractivity contribution in [1.82, 2.24) is 15.4 Å². The molecule has 0 spiro atoms. The zero-order chi connectivity index (χ0) is 17.2. The first-order valence-electron chi connectivity index (χ1n) is 6.98. The van der Waals surface area contributed by atoms with Gasteiger partial charge in [-0.3, -0.25) is 0 Å². The minimum Gasteiger partial charge on any atom is -0.497 e. The summed E-state index contributed by atoms with van der Waals surface area (Å²) in [6.07, 6.45) is 1.98. The van der Waals surface area contributed by atoms with Gasteiger partial charge in [-0.2, -0.15) is 19.9 Å². The van der Waals surface area contributed by atoms with E-state index < -0.39 is 0 Å². The zero-order valence-corrected chi connectivity index (χ0v) is 13.7. The van der Waals surface area contributed by atoms with Crippen LogP contribution in [0, 0.1) is 0 Å². The van der Waals surface area contributed by atoms with E-state index in [9.17, 15) is 0 Å². The number of rotatable bonds is 5. The first-order chi connectivity index (χ1) is 11.8. The van der Waals surface area contributed by atoms with Gasteiger partial charge in [0.25, 0.3) is 0 Å². The van der Waals surface area contributed by atoms with Gasteiger partial charge in [0.05, 0.1) is 13.3 Å². The Hall–Kier alpha value is -2.89. The van der Waals surface area contributed by atoms with Crippen molar-refractivity contribution in [3.05, 3.63) is 60.3 Å². The molecule has 0 atom stereocenters. The van der Waals surface area contributed by atoms with Crippen LogP contribution < -0.4 is 4.74 Å². The van der Waals surface area contributed by atoms with Crippen molar-refractivity contribution >= 4 is 17.9 Å². The molecule has 122 valence electrons. The van der Waals surface area contributed by atoms with E-state index in [4.69, 9.17) is 14.3 Å². The standard InChI is InChI=1S/C16H15N3OS.CO2/c1-20-15-8-6-14(7-9-15)13-4-2-12(3-5-13)11-21-16-10-17-19-18-16;2-1-3/h2-10H,11H2,1H3,(H,17,18,19);. The highest BCUT2D eigenvalue weighted by Gasteiger charge is 2.01. The fraction of sp³-hybridized carbons (Fsp3) is 0.118. The molecule has 0 aliphatic rings. The fourth-order valence-electron chi connectivity index (χ4n) is 1.99. The third-order valence-electron chi connectivity index (χ3n) is 3.16. The number of hydrogen-bond donors (Lipinski definition) is 1. The summed E-state index contributed by atoms with van der Waals surface area (Å²) in [6.45, 7) is 0. The van der Waals surface area contributed by atoms with Crippen LogP contribution in [-0.4, -0.2) is 28.7 Å². The molecule has 6 nitrogen and oxygen atoms in total. The van der Waals surface area contributed by atoms with Gasteiger partial charge < -0.3 is 4.74 Å². The lowest BCUT2D eigenvalue weighted by Gasteiger charge is -2.05. The van der Waals surface area contributed by atoms with Crippen molar-refractivity contribution in [2.24, 2.45) is 0 Å². The summed E-state index contributed by atoms with van der Waals surface area (Å²) in [5.74, 6) is 1.76. The molecule has 0 radical (unpaired) electrons. The van der Waals surface area contributed by atoms with E-state index in [2.05, 4.69) is 51.8 Å². The molecule has 0 fully saturated rings. The summed E-state index contributed by atoms with van der Waals surface area (Å²) < 4.78 is 5.18. The van der Waals surface area contributed by atoms with E-state index in [0.29, 0.717) is 0 Å². The summed E-state index contributed by atoms with van der Waals surface area (Å²) in [7, 11) is 1.68. The smallest absolute Gasteiger partial charge is 0.373 e. The molecule has 0 unspecified atom stereocenters. The van der Waals surface area contributed by atoms with Crippen molar-refractivity contribution in [1.29, 1.82) is 0 Å². The van der Waals surface area contributed by atoms with Crippen molar-refractivity contribution in [3.8, 4) is 16.9 Å². The zero-order valence-electron chi connectivity index (χ0n) is 12.9. The highest BCUT2D eigenvalue weighted by Crippen LogP contribution is 2.25. The van der Waals surface area contributed by atoms with Gasteiger partial charge in [-0.05, 0) is 28.8 Å². The summed E-state index contributed by atoms with van der Waals surface area (Å²) in [5, 5.41) is 11.3. The number of carbonyl (C=O) groups excluding carboxylic acids is 2. The molecule has 1 aromatic heterocycles. The number of aromatic amines is 1. The predicted molar refractivity (Wildman–Crippen MR) is 89.4 cm³/mol. The SMILES string of the molecule is COc1ccc(-c2ccc(CSc3cn[nH]n3)cc2)cc1.O=C=O. The van der Waals surface area contributed by atoms with Gasteiger partial charge in [0.15, 0.2) is 0 Å². The van der Waals surface area contributed by atoms with Gasteiger partial charge in [0.1, 0.15) is 10.8 Å². The molecule has 0 aliphatic heterocycles. The summed E-state index contributed by atoms with van der Waals surface area (Å²) in [6, 6.07) is 16.7. The molecule has 2 aromatic carbocycles. The van der Waals surface area contributed by atoms with Crippen molar-refractivity contribution in [2.45, 2.75) is 10.8 Å². The number of aromatic nitrogens is 3. The van der Waals surface area contributed by atoms with E-state index in [1.807, 2.05) is 12.1 Å². The monoisotopic (exact) mass is 341 g/mol. The van der Waals surface area contributed by atoms with Crippen LogP contribution in [0.4, 0.5) is 0 Å². The second-order valence-corrected chi connectivity index (χ2v) is 5.60. The molecule has 0 bridgehead atoms. The maximum atomic E-state index is 8.12. The summed E-state index contributed by atoms with van der Waals surface area (Å²) in [5.41, 5.74) is 3.65. The number of H-pyrrole nitrogens is 1. The summed E-state index contributed by atoms with van der Waals surface area (Å²) >= 11 is 1.67. The molecule has 1 N–H and O–H groups in total. The second-order valence-electron chi connectivity index (χ2n) is 4.61. The fourth-order valence-corrected chi connectivity index (χ4v) is 2.73. The predicted octanol–water partition coefficient (Wildman–Crippen LogP) is 3.19. The Bertz CT molecular complexity index is 766. The topological polar surface area (TPSA) is 84.9 Å². The largest absolute Gasteiger partial charge is 0.497 e. The number of thioether (sulfide) groups is 1. The molecule has 0 saturated carbocycles. The highest BCUT2D eigenvalue weighted by molar-refractivity contribution is 7.98. The number of nitrogens with zero attached hydrogens (tertiary/aromatic N) is 2. The molecule has 3 aromatic rings. The van der Waals surface area contributed by atoms with Gasteiger partial charge in [0, 0.05) is 5.75 Å². The number of nitrogens with one attached hydrogen (secondary N) is 1. The first-order valence-corrected chi connectivity index (χ1v) is 7.96. The molecule has 7 heteroatoms. The third-order valence-corrected chi connectivity index (χ3v) is 4.13. The Morgan fingerprint density at radius 2 is 1.62 bits per heavy atom. The van der Waals surface area contributed by atoms with E-state index in [1.54, 1.807) is 25.1 Å². The Morgan fingerprint density at radius 3 is 2.12 bits per heavy atom. The first kappa shape index (κ1) is 17.5. The maximum absolute atomic E-state index is 8.12. The van der Waals surface area contributed by atoms with Crippen LogP contribution in [0.25, 0.3) is 11.1 Å². The van der Waals surface area contributed by atoms with Crippen LogP contribution in [0.5, 0.6) is 5.75 Å². The maximum Gasteiger partial charge on any atom is 0.373 e. The third kappa shape index (κ3) is 5.08. The van der Waals surface area contributed by atoms with Crippen LogP contribution in [0.15, 0.2) is 59.8 Å². The molecule has 3 rings (SSSR count). The number of methoxy groups -OCH3 is 1. The molecule has 0 amide bonds. The molecule has 1 heterocycles. The van der Waals surface area contributed by atoms with Crippen molar-refractivity contribution in [2.75, 3.05) is 7.11 Å². The van der Waals surface area contributed by atoms with E-state index in [1.165, 1.54) is 16.7 Å². The Morgan fingerprint density at radius 1 is 1.04 bits per heavy atom. The average molecular weight is 341 g/mol. The lowest BCUT2D eigenvalue weighted by molar-refractivity contribution is -0.191. The van der Waals surface area contributed by atoms with Gasteiger partial charge in [0.2, 0.25) is 0 Å². The van der Waals surface area contributed by atoms with E-state index >= 15 is 0 Å². The van der Waals surface area contributed by atoms with Crippen molar-refractivity contribution in [3.63, 3.8) is 0 Å². The number of benzene rings is 2. The molecule has 0 saturated heterocycles. The van der Waals surface area contributed by atoms with Crippen LogP contribution in [-0.2, 0) is 15.3 Å². The Kier molecular flexibility index (Phi) is 6.76. The van der Waals surface area contributed by atoms with Crippen LogP contribution in [0.1, 0.15) is 5.56 Å². The molecule has 24 heavy (non-hydrogen) atoms. The Balaban J connectivity index is 0.000000647. The average Bonchev–Trinajstić information content (AvgIpc) is 3.15. The second kappa shape index (κ2) is 9.29. The summed E-state index contributed by atoms with van der Waals surface area (Å²) in [4.78, 5) is 16.2. The van der Waals surface area contributed by atoms with E-state index in [0.717, 1.165) is 16.5 Å². The van der Waals surface area contributed by atoms with Gasteiger partial charge >= 0.3 is 6.15 Å². The minimum atomic E-state index is 0.250. The number of hydrogen-bond acceptors (Lipinski definition) is 6. The van der Waals surface area contributed by atoms with Crippen LogP contribution in [0.3, 0.4) is 0 Å². The van der Waals surface area contributed by atoms with Crippen LogP contribution in [0.2, 0.25) is 0 Å². The number of ether oxygens (including phenoxy) is 1. The minimum absolute atomic E-state index is 0.250. The lowest BCUT2D eigenvalue weighted by Crippen LogP contribution is -1.84. The van der Waals surface area contributed by atoms with E-state index in [-0.39, 0.29) is 6.15 Å².